The topological polar surface area (TPSA) is 95.9 Å². The van der Waals surface area contributed by atoms with Crippen molar-refractivity contribution in [1.82, 2.24) is 5.32 Å². The molecule has 0 radical (unpaired) electrons. The first-order chi connectivity index (χ1) is 25.5. The summed E-state index contributed by atoms with van der Waals surface area (Å²) in [7, 11) is 0. The van der Waals surface area contributed by atoms with Crippen molar-refractivity contribution < 1.29 is 24.5 Å². The van der Waals surface area contributed by atoms with E-state index in [4.69, 9.17) is 4.74 Å². The van der Waals surface area contributed by atoms with Crippen LogP contribution in [0, 0.1) is 0 Å². The molecule has 52 heavy (non-hydrogen) atoms. The lowest BCUT2D eigenvalue weighted by Gasteiger charge is -2.20. The van der Waals surface area contributed by atoms with Crippen LogP contribution in [0.25, 0.3) is 0 Å². The van der Waals surface area contributed by atoms with Gasteiger partial charge in [-0.05, 0) is 57.8 Å². The lowest BCUT2D eigenvalue weighted by atomic mass is 10.0. The van der Waals surface area contributed by atoms with Crippen LogP contribution in [-0.4, -0.2) is 47.4 Å². The highest BCUT2D eigenvalue weighted by Crippen LogP contribution is 2.14. The zero-order chi connectivity index (χ0) is 38.0. The quantitative estimate of drug-likeness (QED) is 0.0330. The van der Waals surface area contributed by atoms with Gasteiger partial charge in [0.15, 0.2) is 0 Å². The number of aliphatic hydroxyl groups excluding tert-OH is 2. The predicted molar refractivity (Wildman–Crippen MR) is 223 cm³/mol. The molecule has 306 valence electrons. The van der Waals surface area contributed by atoms with Crippen LogP contribution in [0.2, 0.25) is 0 Å². The molecule has 2 unspecified atom stereocenters. The van der Waals surface area contributed by atoms with Gasteiger partial charge in [0.05, 0.1) is 25.4 Å². The molecular weight excluding hydrogens is 647 g/mol. The number of amides is 1. The summed E-state index contributed by atoms with van der Waals surface area (Å²) in [6, 6.07) is -0.637. The Morgan fingerprint density at radius 1 is 0.519 bits per heavy atom. The number of unbranched alkanes of at least 4 members (excludes halogenated alkanes) is 28. The van der Waals surface area contributed by atoms with Crippen molar-refractivity contribution in [2.24, 2.45) is 0 Å². The van der Waals surface area contributed by atoms with Crippen LogP contribution in [0.15, 0.2) is 24.3 Å². The maximum Gasteiger partial charge on any atom is 0.305 e. The van der Waals surface area contributed by atoms with E-state index in [1.807, 2.05) is 6.08 Å². The number of allylic oxidation sites excluding steroid dienone is 3. The number of hydrogen-bond acceptors (Lipinski definition) is 5. The van der Waals surface area contributed by atoms with Gasteiger partial charge >= 0.3 is 5.97 Å². The van der Waals surface area contributed by atoms with Gasteiger partial charge in [0.2, 0.25) is 5.91 Å². The van der Waals surface area contributed by atoms with Gasteiger partial charge in [-0.15, -0.1) is 0 Å². The van der Waals surface area contributed by atoms with E-state index in [0.717, 1.165) is 57.8 Å². The number of hydrogen-bond donors (Lipinski definition) is 3. The first-order valence-corrected chi connectivity index (χ1v) is 22.6. The van der Waals surface area contributed by atoms with Crippen molar-refractivity contribution >= 4 is 11.9 Å². The second-order valence-electron chi connectivity index (χ2n) is 15.4. The summed E-state index contributed by atoms with van der Waals surface area (Å²) in [4.78, 5) is 24.3. The van der Waals surface area contributed by atoms with E-state index < -0.39 is 12.1 Å². The average Bonchev–Trinajstić information content (AvgIpc) is 3.14. The summed E-state index contributed by atoms with van der Waals surface area (Å²) in [5.74, 6) is -0.108. The maximum atomic E-state index is 12.3. The van der Waals surface area contributed by atoms with Crippen LogP contribution in [0.4, 0.5) is 0 Å². The molecule has 6 nitrogen and oxygen atoms in total. The van der Waals surface area contributed by atoms with Crippen molar-refractivity contribution in [1.29, 1.82) is 0 Å². The third-order valence-electron chi connectivity index (χ3n) is 10.2. The van der Waals surface area contributed by atoms with Crippen LogP contribution in [0.3, 0.4) is 0 Å². The molecule has 0 aliphatic carbocycles. The van der Waals surface area contributed by atoms with Crippen LogP contribution in [-0.2, 0) is 14.3 Å². The van der Waals surface area contributed by atoms with E-state index in [1.54, 1.807) is 6.08 Å². The second kappa shape index (κ2) is 42.1. The fourth-order valence-corrected chi connectivity index (χ4v) is 6.68. The van der Waals surface area contributed by atoms with E-state index in [9.17, 15) is 19.8 Å². The Morgan fingerprint density at radius 3 is 1.38 bits per heavy atom. The molecule has 3 N–H and O–H groups in total. The van der Waals surface area contributed by atoms with Gasteiger partial charge in [-0.2, -0.15) is 0 Å². The fourth-order valence-electron chi connectivity index (χ4n) is 6.68. The Hall–Kier alpha value is -1.66. The van der Waals surface area contributed by atoms with Crippen LogP contribution in [0.1, 0.15) is 232 Å². The lowest BCUT2D eigenvalue weighted by molar-refractivity contribution is -0.143. The molecule has 2 atom stereocenters. The molecule has 6 heteroatoms. The van der Waals surface area contributed by atoms with E-state index in [2.05, 4.69) is 31.3 Å². The highest BCUT2D eigenvalue weighted by atomic mass is 16.5. The molecular formula is C46H87NO5. The average molecular weight is 734 g/mol. The molecule has 0 aliphatic heterocycles. The Labute approximate surface area is 322 Å². The molecule has 0 aliphatic rings. The fraction of sp³-hybridized carbons (Fsp3) is 0.870. The van der Waals surface area contributed by atoms with Gasteiger partial charge in [-0.1, -0.05) is 186 Å². The molecule has 1 amide bonds. The Morgan fingerprint density at radius 2 is 0.904 bits per heavy atom. The summed E-state index contributed by atoms with van der Waals surface area (Å²) in [6.45, 7) is 4.81. The zero-order valence-electron chi connectivity index (χ0n) is 34.5. The van der Waals surface area contributed by atoms with E-state index >= 15 is 0 Å². The van der Waals surface area contributed by atoms with E-state index in [-0.39, 0.29) is 18.5 Å². The SMILES string of the molecule is CCCCCC/C=C\CCCCCCCC(=O)OCCCCCCCCCCCCCCC(=O)NC(CO)C(O)/C=C/CCCCCCCCCC. The minimum Gasteiger partial charge on any atom is -0.466 e. The van der Waals surface area contributed by atoms with Gasteiger partial charge in [0.1, 0.15) is 0 Å². The first-order valence-electron chi connectivity index (χ1n) is 22.6. The number of esters is 1. The molecule has 0 spiro atoms. The van der Waals surface area contributed by atoms with Gasteiger partial charge < -0.3 is 20.3 Å². The monoisotopic (exact) mass is 734 g/mol. The summed E-state index contributed by atoms with van der Waals surface area (Å²) in [5.41, 5.74) is 0. The van der Waals surface area contributed by atoms with Crippen LogP contribution < -0.4 is 5.32 Å². The lowest BCUT2D eigenvalue weighted by Crippen LogP contribution is -2.45. The van der Waals surface area contributed by atoms with Crippen molar-refractivity contribution in [3.05, 3.63) is 24.3 Å². The van der Waals surface area contributed by atoms with Crippen LogP contribution >= 0.6 is 0 Å². The van der Waals surface area contributed by atoms with Crippen LogP contribution in [0.5, 0.6) is 0 Å². The van der Waals surface area contributed by atoms with Gasteiger partial charge in [-0.3, -0.25) is 9.59 Å². The molecule has 0 saturated heterocycles. The Kier molecular flexibility index (Phi) is 40.7. The largest absolute Gasteiger partial charge is 0.466 e. The number of rotatable bonds is 41. The van der Waals surface area contributed by atoms with Crippen molar-refractivity contribution in [2.45, 2.75) is 244 Å². The zero-order valence-corrected chi connectivity index (χ0v) is 34.5. The van der Waals surface area contributed by atoms with Gasteiger partial charge in [0.25, 0.3) is 0 Å². The Bertz CT molecular complexity index is 813. The first kappa shape index (κ1) is 50.3. The summed E-state index contributed by atoms with van der Waals surface area (Å²) in [6.07, 6.45) is 47.3. The molecule has 0 saturated carbocycles. The molecule has 0 aromatic rings. The summed E-state index contributed by atoms with van der Waals surface area (Å²) in [5, 5.41) is 22.9. The molecule has 0 heterocycles. The molecule has 0 bridgehead atoms. The molecule has 0 aromatic carbocycles. The minimum absolute atomic E-state index is 0.0212. The number of aliphatic hydroxyl groups is 2. The molecule has 0 aromatic heterocycles. The number of ether oxygens (including phenoxy) is 1. The van der Waals surface area contributed by atoms with Crippen molar-refractivity contribution in [3.63, 3.8) is 0 Å². The molecule has 0 rings (SSSR count). The smallest absolute Gasteiger partial charge is 0.305 e. The maximum absolute atomic E-state index is 12.3. The van der Waals surface area contributed by atoms with Gasteiger partial charge in [-0.25, -0.2) is 0 Å². The number of carbonyl (C=O) groups is 2. The van der Waals surface area contributed by atoms with Gasteiger partial charge in [0, 0.05) is 12.8 Å². The van der Waals surface area contributed by atoms with E-state index in [0.29, 0.717) is 19.4 Å². The second-order valence-corrected chi connectivity index (χ2v) is 15.4. The number of nitrogens with one attached hydrogen (secondary N) is 1. The third-order valence-corrected chi connectivity index (χ3v) is 10.2. The number of carbonyl (C=O) groups excluding carboxylic acids is 2. The highest BCUT2D eigenvalue weighted by Gasteiger charge is 2.18. The molecule has 0 fully saturated rings. The Balaban J connectivity index is 3.49. The van der Waals surface area contributed by atoms with E-state index in [1.165, 1.54) is 148 Å². The van der Waals surface area contributed by atoms with Crippen molar-refractivity contribution in [3.8, 4) is 0 Å². The third kappa shape index (κ3) is 38.1. The van der Waals surface area contributed by atoms with Crippen molar-refractivity contribution in [2.75, 3.05) is 13.2 Å². The minimum atomic E-state index is -0.852. The summed E-state index contributed by atoms with van der Waals surface area (Å²) >= 11 is 0. The standard InChI is InChI=1S/C46H87NO5/c1-3-5-7-9-11-13-15-16-20-24-28-32-36-40-46(51)52-41-37-33-29-25-21-18-17-19-23-27-31-35-39-45(50)47-43(42-48)44(49)38-34-30-26-22-14-12-10-8-6-4-2/h13,15,34,38,43-44,48-49H,3-12,14,16-33,35-37,39-42H2,1-2H3,(H,47,50)/b15-13-,38-34+. The predicted octanol–water partition coefficient (Wildman–Crippen LogP) is 12.8. The highest BCUT2D eigenvalue weighted by molar-refractivity contribution is 5.76. The summed E-state index contributed by atoms with van der Waals surface area (Å²) < 4.78 is 5.44. The normalized spacial score (nSPS) is 12.9.